The van der Waals surface area contributed by atoms with Gasteiger partial charge in [-0.2, -0.15) is 5.26 Å². The van der Waals surface area contributed by atoms with Crippen LogP contribution in [0.1, 0.15) is 11.3 Å². The summed E-state index contributed by atoms with van der Waals surface area (Å²) in [6, 6.07) is 3.52. The Balaban J connectivity index is 2.97. The van der Waals surface area contributed by atoms with Crippen LogP contribution in [0.25, 0.3) is 0 Å². The first-order chi connectivity index (χ1) is 4.84. The molecule has 0 amide bonds. The fourth-order valence-electron chi connectivity index (χ4n) is 0.586. The maximum atomic E-state index is 8.09. The molecule has 10 heavy (non-hydrogen) atoms. The quantitative estimate of drug-likeness (QED) is 0.500. The van der Waals surface area contributed by atoms with Crippen molar-refractivity contribution >= 4 is 0 Å². The van der Waals surface area contributed by atoms with Gasteiger partial charge in [0.15, 0.2) is 11.8 Å². The van der Waals surface area contributed by atoms with Crippen molar-refractivity contribution < 1.29 is 4.42 Å². The molecular formula is C8H5NO. The summed E-state index contributed by atoms with van der Waals surface area (Å²) in [5, 5.41) is 8.09. The fraction of sp³-hybridized carbons (Fsp3) is 0.125. The maximum Gasteiger partial charge on any atom is 0.180 e. The molecule has 0 fully saturated rings. The summed E-state index contributed by atoms with van der Waals surface area (Å²) in [7, 11) is 0. The molecule has 0 N–H and O–H groups in total. The lowest BCUT2D eigenvalue weighted by atomic mass is 10.3. The van der Waals surface area contributed by atoms with Crippen LogP contribution in [0.5, 0.6) is 0 Å². The van der Waals surface area contributed by atoms with E-state index in [0.717, 1.165) is 5.56 Å². The van der Waals surface area contributed by atoms with Crippen molar-refractivity contribution in [2.45, 2.75) is 6.92 Å². The minimum Gasteiger partial charge on any atom is -0.456 e. The predicted octanol–water partition coefficient (Wildman–Crippen LogP) is 1.46. The Labute approximate surface area is 59.1 Å². The van der Waals surface area contributed by atoms with Crippen LogP contribution in [-0.4, -0.2) is 0 Å². The highest BCUT2D eigenvalue weighted by molar-refractivity contribution is 5.35. The Kier molecular flexibility index (Phi) is 1.78. The molecule has 48 valence electrons. The van der Waals surface area contributed by atoms with Crippen molar-refractivity contribution in [1.29, 1.82) is 5.26 Å². The van der Waals surface area contributed by atoms with Gasteiger partial charge in [0.1, 0.15) is 0 Å². The molecule has 0 aliphatic rings. The second-order valence-electron chi connectivity index (χ2n) is 1.79. The summed E-state index contributed by atoms with van der Waals surface area (Å²) < 4.78 is 4.94. The molecule has 0 spiro atoms. The van der Waals surface area contributed by atoms with Gasteiger partial charge in [0.2, 0.25) is 0 Å². The lowest BCUT2D eigenvalue weighted by molar-refractivity contribution is 0.552. The van der Waals surface area contributed by atoms with Crippen LogP contribution < -0.4 is 0 Å². The molecule has 0 saturated heterocycles. The molecule has 0 unspecified atom stereocenters. The number of hydrogen-bond acceptors (Lipinski definition) is 2. The van der Waals surface area contributed by atoms with Crippen molar-refractivity contribution in [2.75, 3.05) is 0 Å². The number of furan rings is 1. The van der Waals surface area contributed by atoms with Gasteiger partial charge in [-0.3, -0.25) is 0 Å². The molecule has 0 atom stereocenters. The van der Waals surface area contributed by atoms with Gasteiger partial charge in [0, 0.05) is 11.5 Å². The molecule has 0 saturated carbocycles. The van der Waals surface area contributed by atoms with Gasteiger partial charge < -0.3 is 4.42 Å². The number of nitriles is 1. The highest BCUT2D eigenvalue weighted by atomic mass is 16.3. The largest absolute Gasteiger partial charge is 0.456 e. The van der Waals surface area contributed by atoms with Gasteiger partial charge in [-0.15, -0.1) is 0 Å². The molecule has 0 radical (unpaired) electrons. The monoisotopic (exact) mass is 131 g/mol. The maximum absolute atomic E-state index is 8.09. The Morgan fingerprint density at radius 3 is 2.90 bits per heavy atom. The lowest BCUT2D eigenvalue weighted by Gasteiger charge is -1.79. The van der Waals surface area contributed by atoms with Gasteiger partial charge in [0.05, 0.1) is 6.26 Å². The zero-order chi connectivity index (χ0) is 7.40. The Morgan fingerprint density at radius 1 is 1.60 bits per heavy atom. The third-order valence-electron chi connectivity index (χ3n) is 1.09. The third-order valence-corrected chi connectivity index (χ3v) is 1.09. The van der Waals surface area contributed by atoms with E-state index >= 15 is 0 Å². The first-order valence-electron chi connectivity index (χ1n) is 2.79. The fourth-order valence-corrected chi connectivity index (χ4v) is 0.586. The molecule has 0 aliphatic carbocycles. The number of aryl methyl sites for hydroxylation is 1. The summed E-state index contributed by atoms with van der Waals surface area (Å²) in [6.07, 6.45) is 1.55. The zero-order valence-electron chi connectivity index (χ0n) is 5.51. The van der Waals surface area contributed by atoms with E-state index in [-0.39, 0.29) is 0 Å². The van der Waals surface area contributed by atoms with Gasteiger partial charge in [-0.05, 0) is 18.9 Å². The number of hydrogen-bond donors (Lipinski definition) is 0. The van der Waals surface area contributed by atoms with Gasteiger partial charge in [-0.1, -0.05) is 0 Å². The van der Waals surface area contributed by atoms with E-state index in [1.165, 1.54) is 0 Å². The molecular weight excluding hydrogens is 126 g/mol. The van der Waals surface area contributed by atoms with Crippen molar-refractivity contribution in [2.24, 2.45) is 0 Å². The minimum absolute atomic E-state index is 0.571. The molecule has 0 aliphatic heterocycles. The Bertz CT molecular complexity index is 319. The number of nitrogens with zero attached hydrogens (tertiary/aromatic N) is 1. The predicted molar refractivity (Wildman–Crippen MR) is 35.9 cm³/mol. The van der Waals surface area contributed by atoms with Gasteiger partial charge in [0.25, 0.3) is 0 Å². The topological polar surface area (TPSA) is 36.9 Å². The van der Waals surface area contributed by atoms with Crippen LogP contribution >= 0.6 is 0 Å². The van der Waals surface area contributed by atoms with E-state index in [9.17, 15) is 0 Å². The minimum atomic E-state index is 0.571. The van der Waals surface area contributed by atoms with Crippen LogP contribution in [0.2, 0.25) is 0 Å². The molecule has 2 nitrogen and oxygen atoms in total. The molecule has 1 aromatic heterocycles. The van der Waals surface area contributed by atoms with E-state index in [2.05, 4.69) is 11.8 Å². The summed E-state index contributed by atoms with van der Waals surface area (Å²) in [6.45, 7) is 1.88. The second-order valence-corrected chi connectivity index (χ2v) is 1.79. The lowest BCUT2D eigenvalue weighted by Crippen LogP contribution is -1.69. The Morgan fingerprint density at radius 2 is 2.40 bits per heavy atom. The first kappa shape index (κ1) is 6.45. The van der Waals surface area contributed by atoms with Crippen molar-refractivity contribution in [1.82, 2.24) is 0 Å². The standard InChI is InChI=1S/C8H5NO/c1-7-4-6-10-8(7)3-2-5-9/h4,6H,1H3. The van der Waals surface area contributed by atoms with Crippen molar-refractivity contribution in [3.05, 3.63) is 23.7 Å². The third kappa shape index (κ3) is 1.18. The highest BCUT2D eigenvalue weighted by Gasteiger charge is 1.94. The second kappa shape index (κ2) is 2.75. The summed E-state index contributed by atoms with van der Waals surface area (Å²) in [5.74, 6) is 5.39. The van der Waals surface area contributed by atoms with Crippen LogP contribution in [-0.2, 0) is 0 Å². The SMILES string of the molecule is Cc1ccoc1C#CC#N. The zero-order valence-corrected chi connectivity index (χ0v) is 5.51. The normalized spacial score (nSPS) is 7.60. The molecule has 1 aromatic rings. The molecule has 2 heteroatoms. The van der Waals surface area contributed by atoms with E-state index in [4.69, 9.17) is 9.68 Å². The van der Waals surface area contributed by atoms with Gasteiger partial charge >= 0.3 is 0 Å². The molecule has 1 rings (SSSR count). The summed E-state index contributed by atoms with van der Waals surface area (Å²) >= 11 is 0. The summed E-state index contributed by atoms with van der Waals surface area (Å²) in [4.78, 5) is 0. The van der Waals surface area contributed by atoms with Crippen molar-refractivity contribution in [3.8, 4) is 17.9 Å². The van der Waals surface area contributed by atoms with Crippen LogP contribution in [0.3, 0.4) is 0 Å². The summed E-state index contributed by atoms with van der Waals surface area (Å²) in [5.41, 5.74) is 0.961. The molecule has 0 aromatic carbocycles. The van der Waals surface area contributed by atoms with E-state index in [1.807, 2.05) is 6.92 Å². The molecule has 1 heterocycles. The highest BCUT2D eigenvalue weighted by Crippen LogP contribution is 2.05. The number of rotatable bonds is 0. The van der Waals surface area contributed by atoms with Gasteiger partial charge in [-0.25, -0.2) is 0 Å². The van der Waals surface area contributed by atoms with E-state index < -0.39 is 0 Å². The van der Waals surface area contributed by atoms with Crippen LogP contribution in [0.15, 0.2) is 16.7 Å². The van der Waals surface area contributed by atoms with E-state index in [1.54, 1.807) is 18.4 Å². The first-order valence-corrected chi connectivity index (χ1v) is 2.79. The average Bonchev–Trinajstić information content (AvgIpc) is 2.31. The van der Waals surface area contributed by atoms with Crippen LogP contribution in [0.4, 0.5) is 0 Å². The smallest absolute Gasteiger partial charge is 0.180 e. The van der Waals surface area contributed by atoms with Crippen LogP contribution in [0, 0.1) is 30.1 Å². The van der Waals surface area contributed by atoms with Crippen molar-refractivity contribution in [3.63, 3.8) is 0 Å². The van der Waals surface area contributed by atoms with E-state index in [0.29, 0.717) is 5.76 Å². The molecule has 0 bridgehead atoms. The Hall–Kier alpha value is -1.67. The average molecular weight is 131 g/mol.